The second-order valence-electron chi connectivity index (χ2n) is 12.7. The molecule has 0 N–H and O–H groups in total. The van der Waals surface area contributed by atoms with Crippen molar-refractivity contribution in [1.29, 1.82) is 0 Å². The molecule has 0 aliphatic carbocycles. The van der Waals surface area contributed by atoms with Gasteiger partial charge in [0.1, 0.15) is 11.5 Å². The molecule has 16 heteroatoms. The molecule has 0 aliphatic rings. The third kappa shape index (κ3) is 12.1. The molecule has 0 radical (unpaired) electrons. The number of halogens is 5. The number of imidazole rings is 1. The molecule has 0 amide bonds. The van der Waals surface area contributed by atoms with Gasteiger partial charge in [0.15, 0.2) is 0 Å². The fourth-order valence-corrected chi connectivity index (χ4v) is 5.70. The molecular weight excluding hydrogens is 960 g/mol. The molecule has 0 bridgehead atoms. The first-order valence-corrected chi connectivity index (χ1v) is 18.4. The zero-order valence-electron chi connectivity index (χ0n) is 32.6. The molecule has 0 atom stereocenters. The van der Waals surface area contributed by atoms with Crippen LogP contribution in [0.1, 0.15) is 30.7 Å². The first kappa shape index (κ1) is 44.7. The molecule has 8 aromatic rings. The Morgan fingerprint density at radius 3 is 1.57 bits per heavy atom. The molecule has 0 aliphatic heterocycles. The van der Waals surface area contributed by atoms with E-state index in [4.69, 9.17) is 9.47 Å². The second kappa shape index (κ2) is 21.0. The number of alkyl halides is 3. The van der Waals surface area contributed by atoms with Gasteiger partial charge in [-0.3, -0.25) is 18.1 Å². The van der Waals surface area contributed by atoms with Crippen LogP contribution < -0.4 is 14.6 Å². The minimum atomic E-state index is -4.46. The van der Waals surface area contributed by atoms with Gasteiger partial charge in [-0.15, -0.1) is 24.3 Å². The Bertz CT molecular complexity index is 2400. The van der Waals surface area contributed by atoms with Crippen LogP contribution in [0.2, 0.25) is 0 Å². The molecule has 60 heavy (non-hydrogen) atoms. The van der Waals surface area contributed by atoms with E-state index in [2.05, 4.69) is 61.8 Å². The van der Waals surface area contributed by atoms with Crippen LogP contribution in [0, 0.1) is 23.8 Å². The number of benzene rings is 4. The summed E-state index contributed by atoms with van der Waals surface area (Å²) in [6.45, 7) is 6.04. The van der Waals surface area contributed by atoms with Crippen molar-refractivity contribution in [2.24, 2.45) is 7.05 Å². The maximum absolute atomic E-state index is 13.3. The van der Waals surface area contributed by atoms with Gasteiger partial charge in [0, 0.05) is 66.4 Å². The molecule has 4 aromatic carbocycles. The summed E-state index contributed by atoms with van der Waals surface area (Å²) < 4.78 is 79.5. The summed E-state index contributed by atoms with van der Waals surface area (Å²) in [7, 11) is 1.67. The van der Waals surface area contributed by atoms with Crippen LogP contribution in [0.4, 0.5) is 22.0 Å². The number of aryl methyl sites for hydroxylation is 1. The standard InChI is InChI=1S/2C18H16FN2O.C8H6F3N4.Ir/c2*1-2-22-18-12-15(19)8-9-16(18)17-10-11-21(20-17)13-14-6-4-3-5-7-14;1-15-3-2-12-7(15)5-4-6(14-13-5)8(9,10)11;/h2*3-8,10-12H,2,13H2,1H3;2-4H,1H3;/q3*-1;+3. The number of aromatic nitrogens is 8. The summed E-state index contributed by atoms with van der Waals surface area (Å²) in [4.78, 5) is 3.87. The largest absolute Gasteiger partial charge is 3.00 e. The van der Waals surface area contributed by atoms with E-state index in [1.807, 2.05) is 84.1 Å². The van der Waals surface area contributed by atoms with E-state index in [0.29, 0.717) is 54.8 Å². The number of hydrogen-bond acceptors (Lipinski definition) is 6. The summed E-state index contributed by atoms with van der Waals surface area (Å²) >= 11 is 0. The van der Waals surface area contributed by atoms with E-state index in [9.17, 15) is 22.0 Å². The molecule has 4 aromatic heterocycles. The zero-order chi connectivity index (χ0) is 41.8. The van der Waals surface area contributed by atoms with Gasteiger partial charge < -0.3 is 24.2 Å². The average Bonchev–Trinajstić information content (AvgIpc) is 4.06. The maximum atomic E-state index is 13.3. The van der Waals surface area contributed by atoms with E-state index >= 15 is 0 Å². The van der Waals surface area contributed by atoms with Crippen LogP contribution in [0.25, 0.3) is 34.0 Å². The Balaban J connectivity index is 0.000000173. The fraction of sp³-hybridized carbons (Fsp3) is 0.182. The topological polar surface area (TPSA) is 98.9 Å². The first-order chi connectivity index (χ1) is 28.5. The summed E-state index contributed by atoms with van der Waals surface area (Å²) in [5.74, 6) is 0.560. The van der Waals surface area contributed by atoms with Gasteiger partial charge in [-0.2, -0.15) is 13.2 Å². The maximum Gasteiger partial charge on any atom is 3.00 e. The smallest absolute Gasteiger partial charge is 0.572 e. The van der Waals surface area contributed by atoms with Crippen LogP contribution in [0.5, 0.6) is 11.5 Å². The third-order valence-electron chi connectivity index (χ3n) is 8.39. The van der Waals surface area contributed by atoms with E-state index in [1.54, 1.807) is 17.8 Å². The monoisotopic (exact) mass is 998 g/mol. The van der Waals surface area contributed by atoms with Crippen molar-refractivity contribution in [3.8, 4) is 45.5 Å². The van der Waals surface area contributed by atoms with Crippen molar-refractivity contribution in [1.82, 2.24) is 39.3 Å². The van der Waals surface area contributed by atoms with E-state index in [-0.39, 0.29) is 37.4 Å². The molecule has 0 saturated heterocycles. The SMILES string of the molecule is CCOc1cc(F)c[c-]c1-c1ccn(Cc2ccccc2)n1.CCOc1cc(F)c[c-]c1-c1ccn(Cc2ccccc2)n1.Cn1ccnc1-c1cc(C(F)(F)F)n[n-]1.[Ir+3]. The molecule has 310 valence electrons. The summed E-state index contributed by atoms with van der Waals surface area (Å²) in [5.41, 5.74) is 4.26. The van der Waals surface area contributed by atoms with Crippen molar-refractivity contribution in [2.75, 3.05) is 13.2 Å². The van der Waals surface area contributed by atoms with Gasteiger partial charge in [0.25, 0.3) is 0 Å². The van der Waals surface area contributed by atoms with Crippen LogP contribution in [0.15, 0.2) is 128 Å². The number of nitrogens with zero attached hydrogens (tertiary/aromatic N) is 8. The fourth-order valence-electron chi connectivity index (χ4n) is 5.70. The number of hydrogen-bond donors (Lipinski definition) is 0. The average molecular weight is 998 g/mol. The summed E-state index contributed by atoms with van der Waals surface area (Å²) in [5, 5.41) is 15.6. The molecule has 0 unspecified atom stereocenters. The number of rotatable bonds is 11. The zero-order valence-corrected chi connectivity index (χ0v) is 35.0. The van der Waals surface area contributed by atoms with Gasteiger partial charge in [-0.1, -0.05) is 102 Å². The van der Waals surface area contributed by atoms with Crippen molar-refractivity contribution in [2.45, 2.75) is 33.1 Å². The van der Waals surface area contributed by atoms with Crippen LogP contribution in [0.3, 0.4) is 0 Å². The summed E-state index contributed by atoms with van der Waals surface area (Å²) in [6, 6.07) is 36.0. The Kier molecular flexibility index (Phi) is 15.7. The Labute approximate surface area is 357 Å². The molecule has 0 saturated carbocycles. The van der Waals surface area contributed by atoms with Crippen molar-refractivity contribution in [3.05, 3.63) is 169 Å². The third-order valence-corrected chi connectivity index (χ3v) is 8.39. The Morgan fingerprint density at radius 1 is 0.683 bits per heavy atom. The van der Waals surface area contributed by atoms with Gasteiger partial charge in [-0.05, 0) is 31.0 Å². The van der Waals surface area contributed by atoms with Crippen molar-refractivity contribution < 1.29 is 51.5 Å². The van der Waals surface area contributed by atoms with Gasteiger partial charge >= 0.3 is 26.3 Å². The second-order valence-corrected chi connectivity index (χ2v) is 12.7. The van der Waals surface area contributed by atoms with Crippen molar-refractivity contribution in [3.63, 3.8) is 0 Å². The quantitative estimate of drug-likeness (QED) is 0.0942. The molecule has 4 heterocycles. The Hall–Kier alpha value is -6.38. The normalized spacial score (nSPS) is 10.8. The first-order valence-electron chi connectivity index (χ1n) is 18.4. The Morgan fingerprint density at radius 2 is 1.17 bits per heavy atom. The molecule has 0 fully saturated rings. The van der Waals surface area contributed by atoms with Gasteiger partial charge in [0.05, 0.1) is 26.3 Å². The molecule has 8 rings (SSSR count). The van der Waals surface area contributed by atoms with Crippen LogP contribution in [-0.2, 0) is 46.4 Å². The van der Waals surface area contributed by atoms with E-state index in [1.165, 1.54) is 41.6 Å². The minimum Gasteiger partial charge on any atom is -0.572 e. The molecule has 10 nitrogen and oxygen atoms in total. The van der Waals surface area contributed by atoms with Gasteiger partial charge in [-0.25, -0.2) is 15.2 Å². The van der Waals surface area contributed by atoms with Crippen LogP contribution in [-0.4, -0.2) is 47.4 Å². The van der Waals surface area contributed by atoms with Crippen molar-refractivity contribution >= 4 is 0 Å². The number of ether oxygens (including phenoxy) is 2. The predicted molar refractivity (Wildman–Crippen MR) is 211 cm³/mol. The predicted octanol–water partition coefficient (Wildman–Crippen LogP) is 9.33. The van der Waals surface area contributed by atoms with E-state index in [0.717, 1.165) is 17.5 Å². The molecule has 0 spiro atoms. The van der Waals surface area contributed by atoms with E-state index < -0.39 is 11.9 Å². The molecular formula is C44H38F5IrN8O2. The minimum absolute atomic E-state index is 0. The summed E-state index contributed by atoms with van der Waals surface area (Å²) in [6.07, 6.45) is 2.44. The van der Waals surface area contributed by atoms with Crippen LogP contribution >= 0.6 is 0 Å². The van der Waals surface area contributed by atoms with Gasteiger partial charge in [0.2, 0.25) is 0 Å².